The molecule has 0 bridgehead atoms. The molecule has 0 heterocycles. The van der Waals surface area contributed by atoms with Crippen molar-refractivity contribution < 1.29 is 14.4 Å². The standard InChI is InChI=1S/C53H111N7O2.C38H78N2O/c1-3-5-7-9-11-13-15-17-19-21-23-25-27-29-31-35-48-60(49-36-32-30-28-26-24-22-20-18-16-14-12-10-8-6-4-2)53(62)51(40-33-34-42-54)59-52(61)50(58-47-39-44-56)41-37-45-57-46-38-43-55;1-3-5-7-9-11-13-15-17-19-21-23-25-27-29-31-33-35-40(38(41)37-39)36-34-32-30-28-26-24-22-20-18-16-14-12-10-8-6-4-2/h50-51,57-58H,3-49,54-56H2,1-2H3,(H,59,61);3-37,39H2,1-2H3/t50-,51?;/m0./s1. The number of nitrogens with one attached hydrogen (secondary N) is 3. The molecule has 616 valence electrons. The Hall–Kier alpha value is -1.83. The fourth-order valence-electron chi connectivity index (χ4n) is 15.0. The summed E-state index contributed by atoms with van der Waals surface area (Å²) in [6.45, 7) is 17.0. The van der Waals surface area contributed by atoms with E-state index >= 15 is 0 Å². The van der Waals surface area contributed by atoms with Gasteiger partial charge in [-0.1, -0.05) is 413 Å². The van der Waals surface area contributed by atoms with Crippen LogP contribution in [0.3, 0.4) is 0 Å². The molecule has 0 aromatic rings. The van der Waals surface area contributed by atoms with Crippen LogP contribution in [0.25, 0.3) is 0 Å². The van der Waals surface area contributed by atoms with Crippen LogP contribution < -0.4 is 38.9 Å². The molecule has 0 radical (unpaired) electrons. The van der Waals surface area contributed by atoms with Gasteiger partial charge in [0.25, 0.3) is 0 Å². The molecule has 0 aliphatic heterocycles. The first kappa shape index (κ1) is 103. The van der Waals surface area contributed by atoms with E-state index in [1.807, 2.05) is 4.90 Å². The van der Waals surface area contributed by atoms with Crippen LogP contribution in [0, 0.1) is 0 Å². The molecule has 103 heavy (non-hydrogen) atoms. The Bertz CT molecular complexity index is 1550. The number of nitrogens with two attached hydrogens (primary N) is 4. The summed E-state index contributed by atoms with van der Waals surface area (Å²) in [6, 6.07) is -0.866. The van der Waals surface area contributed by atoms with E-state index < -0.39 is 6.04 Å². The number of carbonyl (C=O) groups excluding carboxylic acids is 3. The third-order valence-electron chi connectivity index (χ3n) is 22.0. The molecule has 0 aromatic carbocycles. The highest BCUT2D eigenvalue weighted by Gasteiger charge is 2.28. The second kappa shape index (κ2) is 90.8. The van der Waals surface area contributed by atoms with Gasteiger partial charge in [-0.05, 0) is 110 Å². The van der Waals surface area contributed by atoms with Crippen LogP contribution in [-0.4, -0.2) is 112 Å². The van der Waals surface area contributed by atoms with E-state index in [0.29, 0.717) is 39.0 Å². The average Bonchev–Trinajstić information content (AvgIpc) is 0.873. The maximum absolute atomic E-state index is 14.4. The highest BCUT2D eigenvalue weighted by atomic mass is 16.2. The highest BCUT2D eigenvalue weighted by Crippen LogP contribution is 2.21. The summed E-state index contributed by atoms with van der Waals surface area (Å²) < 4.78 is 0. The lowest BCUT2D eigenvalue weighted by Crippen LogP contribution is -2.54. The second-order valence-corrected chi connectivity index (χ2v) is 32.2. The van der Waals surface area contributed by atoms with Crippen molar-refractivity contribution in [3.05, 3.63) is 0 Å². The van der Waals surface area contributed by atoms with E-state index in [2.05, 4.69) is 48.5 Å². The van der Waals surface area contributed by atoms with Gasteiger partial charge in [0.1, 0.15) is 6.04 Å². The number of unbranched alkanes of at least 4 members (excludes halogenated alkanes) is 61. The molecule has 0 aliphatic rings. The van der Waals surface area contributed by atoms with Crippen LogP contribution in [0.2, 0.25) is 0 Å². The van der Waals surface area contributed by atoms with Crippen molar-refractivity contribution in [1.82, 2.24) is 25.8 Å². The molecule has 0 rings (SSSR count). The third-order valence-corrected chi connectivity index (χ3v) is 22.0. The molecule has 0 saturated heterocycles. The number of carbonyl (C=O) groups is 3. The molecule has 0 fully saturated rings. The number of hydrogen-bond acceptors (Lipinski definition) is 9. The Balaban J connectivity index is 0. The Morgan fingerprint density at radius 3 is 0.748 bits per heavy atom. The first-order chi connectivity index (χ1) is 50.8. The molecule has 0 aromatic heterocycles. The van der Waals surface area contributed by atoms with Crippen molar-refractivity contribution in [3.8, 4) is 0 Å². The van der Waals surface area contributed by atoms with Gasteiger partial charge in [0.05, 0.1) is 12.6 Å². The lowest BCUT2D eigenvalue weighted by Gasteiger charge is -2.29. The molecule has 12 nitrogen and oxygen atoms in total. The summed E-state index contributed by atoms with van der Waals surface area (Å²) in [7, 11) is 0. The Labute approximate surface area is 645 Å². The van der Waals surface area contributed by atoms with E-state index in [4.69, 9.17) is 22.9 Å². The molecule has 2 atom stereocenters. The zero-order chi connectivity index (χ0) is 75.1. The van der Waals surface area contributed by atoms with Gasteiger partial charge in [-0.2, -0.15) is 0 Å². The van der Waals surface area contributed by atoms with Crippen LogP contribution in [0.4, 0.5) is 0 Å². The van der Waals surface area contributed by atoms with Crippen molar-refractivity contribution in [2.45, 2.75) is 496 Å². The van der Waals surface area contributed by atoms with Crippen LogP contribution >= 0.6 is 0 Å². The fraction of sp³-hybridized carbons (Fsp3) is 0.967. The largest absolute Gasteiger partial charge is 0.343 e. The maximum Gasteiger partial charge on any atom is 0.245 e. The minimum atomic E-state index is -0.516. The quantitative estimate of drug-likeness (QED) is 0.0290. The van der Waals surface area contributed by atoms with Gasteiger partial charge in [0.2, 0.25) is 17.7 Å². The molecule has 0 saturated carbocycles. The van der Waals surface area contributed by atoms with Crippen molar-refractivity contribution in [3.63, 3.8) is 0 Å². The Kier molecular flexibility index (Phi) is 91.0. The fourth-order valence-corrected chi connectivity index (χ4v) is 15.0. The number of rotatable bonds is 87. The monoisotopic (exact) mass is 1460 g/mol. The lowest BCUT2D eigenvalue weighted by atomic mass is 10.0. The number of amides is 3. The molecule has 3 amide bonds. The summed E-state index contributed by atoms with van der Waals surface area (Å²) in [4.78, 5) is 44.7. The zero-order valence-electron chi connectivity index (χ0n) is 70.6. The maximum atomic E-state index is 14.4. The second-order valence-electron chi connectivity index (χ2n) is 32.2. The van der Waals surface area contributed by atoms with E-state index in [1.54, 1.807) is 0 Å². The molecular formula is C91H189N9O3. The molecule has 12 heteroatoms. The van der Waals surface area contributed by atoms with Crippen molar-refractivity contribution in [2.75, 3.05) is 72.0 Å². The average molecular weight is 1460 g/mol. The van der Waals surface area contributed by atoms with Crippen molar-refractivity contribution in [2.24, 2.45) is 22.9 Å². The minimum absolute atomic E-state index is 0.0696. The van der Waals surface area contributed by atoms with Gasteiger partial charge in [0, 0.05) is 26.2 Å². The predicted molar refractivity (Wildman–Crippen MR) is 456 cm³/mol. The summed E-state index contributed by atoms with van der Waals surface area (Å²) in [5, 5.41) is 10.1. The summed E-state index contributed by atoms with van der Waals surface area (Å²) in [5.41, 5.74) is 23.1. The Morgan fingerprint density at radius 2 is 0.485 bits per heavy atom. The highest BCUT2D eigenvalue weighted by molar-refractivity contribution is 5.89. The molecule has 0 spiro atoms. The van der Waals surface area contributed by atoms with Gasteiger partial charge >= 0.3 is 0 Å². The molecule has 11 N–H and O–H groups in total. The van der Waals surface area contributed by atoms with Crippen LogP contribution in [0.15, 0.2) is 0 Å². The SMILES string of the molecule is CCCCCCCCCCCCCCCCCCN(CCCCCCCCCCCCCCCCCC)C(=O)C(CCCCN)NC(=O)[C@H](CCCNCCCN)NCCCN.CCCCCCCCCCCCCCCCCCN(CCCCCCCCCCCCCCCCCC)C(=O)CN. The van der Waals surface area contributed by atoms with Gasteiger partial charge in [0.15, 0.2) is 0 Å². The first-order valence-corrected chi connectivity index (χ1v) is 46.9. The predicted octanol–water partition coefficient (Wildman–Crippen LogP) is 24.3. The van der Waals surface area contributed by atoms with Gasteiger partial charge in [-0.3, -0.25) is 14.4 Å². The van der Waals surface area contributed by atoms with E-state index in [-0.39, 0.29) is 30.3 Å². The van der Waals surface area contributed by atoms with Crippen LogP contribution in [0.5, 0.6) is 0 Å². The zero-order valence-corrected chi connectivity index (χ0v) is 70.6. The van der Waals surface area contributed by atoms with Crippen molar-refractivity contribution in [1.29, 1.82) is 0 Å². The smallest absolute Gasteiger partial charge is 0.245 e. The first-order valence-electron chi connectivity index (χ1n) is 46.9. The van der Waals surface area contributed by atoms with Gasteiger partial charge in [-0.15, -0.1) is 0 Å². The summed E-state index contributed by atoms with van der Waals surface area (Å²) in [5.74, 6) is 0.174. The van der Waals surface area contributed by atoms with Crippen LogP contribution in [-0.2, 0) is 14.4 Å². The molecular weight excluding hydrogens is 1270 g/mol. The molecule has 0 aliphatic carbocycles. The Morgan fingerprint density at radius 1 is 0.252 bits per heavy atom. The minimum Gasteiger partial charge on any atom is -0.343 e. The lowest BCUT2D eigenvalue weighted by molar-refractivity contribution is -0.137. The third kappa shape index (κ3) is 79.5. The van der Waals surface area contributed by atoms with Crippen LogP contribution in [0.1, 0.15) is 484 Å². The molecule has 1 unspecified atom stereocenters. The van der Waals surface area contributed by atoms with E-state index in [1.165, 1.54) is 372 Å². The van der Waals surface area contributed by atoms with Gasteiger partial charge in [-0.25, -0.2) is 0 Å². The van der Waals surface area contributed by atoms with Crippen molar-refractivity contribution >= 4 is 17.7 Å². The summed E-state index contributed by atoms with van der Waals surface area (Å²) >= 11 is 0. The number of nitrogens with zero attached hydrogens (tertiary/aromatic N) is 2. The topological polar surface area (TPSA) is 198 Å². The van der Waals surface area contributed by atoms with E-state index in [9.17, 15) is 14.4 Å². The van der Waals surface area contributed by atoms with E-state index in [0.717, 1.165) is 110 Å². The van der Waals surface area contributed by atoms with Gasteiger partial charge < -0.3 is 48.7 Å². The normalized spacial score (nSPS) is 12.1. The number of hydrogen-bond donors (Lipinski definition) is 7. The summed E-state index contributed by atoms with van der Waals surface area (Å²) in [6.07, 6.45) is 92.9.